The van der Waals surface area contributed by atoms with Gasteiger partial charge in [-0.25, -0.2) is 15.0 Å². The Morgan fingerprint density at radius 1 is 1.08 bits per heavy atom. The molecule has 3 aromatic heterocycles. The number of carbonyl (C=O) groups is 1. The van der Waals surface area contributed by atoms with Crippen LogP contribution >= 0.6 is 11.3 Å². The molecule has 1 aliphatic rings. The van der Waals surface area contributed by atoms with E-state index in [2.05, 4.69) is 39.9 Å². The van der Waals surface area contributed by atoms with Crippen LogP contribution in [0.25, 0.3) is 32.6 Å². The van der Waals surface area contributed by atoms with Crippen molar-refractivity contribution in [1.82, 2.24) is 24.4 Å². The lowest BCUT2D eigenvalue weighted by Crippen LogP contribution is -2.28. The van der Waals surface area contributed by atoms with E-state index < -0.39 is 0 Å². The Morgan fingerprint density at radius 2 is 1.95 bits per heavy atom. The molecule has 4 heterocycles. The maximum absolute atomic E-state index is 12.1. The summed E-state index contributed by atoms with van der Waals surface area (Å²) in [7, 11) is 1.67. The van der Waals surface area contributed by atoms with E-state index in [0.717, 1.165) is 53.1 Å². The maximum atomic E-state index is 12.1. The molecular formula is C28H28N6O2S. The quantitative estimate of drug-likeness (QED) is 0.299. The van der Waals surface area contributed by atoms with Gasteiger partial charge in [0.25, 0.3) is 0 Å². The number of imidazole rings is 1. The van der Waals surface area contributed by atoms with Crippen molar-refractivity contribution >= 4 is 44.3 Å². The van der Waals surface area contributed by atoms with Gasteiger partial charge in [-0.05, 0) is 36.6 Å². The average molecular weight is 513 g/mol. The standard InChI is InChI=1S/C28H28N6O2S/c1-36-20-10-8-19(9-11-20)12-13-29-27-25-28(34(18-30-25)16-15-33-14-4-7-24(33)35)32-26(31-27)22-17-37-23-6-3-2-5-21(22)23/h2-3,5-6,8-11,17-18H,4,7,12-16H2,1H3,(H,29,31,32). The summed E-state index contributed by atoms with van der Waals surface area (Å²) in [6, 6.07) is 16.4. The van der Waals surface area contributed by atoms with Crippen molar-refractivity contribution in [1.29, 1.82) is 0 Å². The molecule has 188 valence electrons. The molecule has 1 amide bonds. The summed E-state index contributed by atoms with van der Waals surface area (Å²) in [4.78, 5) is 28.6. The number of aromatic nitrogens is 4. The van der Waals surface area contributed by atoms with Gasteiger partial charge in [0.15, 0.2) is 17.3 Å². The molecule has 0 spiro atoms. The van der Waals surface area contributed by atoms with Crippen LogP contribution in [0, 0.1) is 0 Å². The first-order valence-electron chi connectivity index (χ1n) is 12.5. The smallest absolute Gasteiger partial charge is 0.222 e. The molecule has 0 atom stereocenters. The second-order valence-electron chi connectivity index (χ2n) is 9.16. The van der Waals surface area contributed by atoms with Crippen LogP contribution in [0.4, 0.5) is 5.82 Å². The van der Waals surface area contributed by atoms with Crippen molar-refractivity contribution in [2.45, 2.75) is 25.8 Å². The van der Waals surface area contributed by atoms with Gasteiger partial charge in [-0.15, -0.1) is 11.3 Å². The van der Waals surface area contributed by atoms with Crippen molar-refractivity contribution in [3.63, 3.8) is 0 Å². The molecule has 0 saturated carbocycles. The highest BCUT2D eigenvalue weighted by molar-refractivity contribution is 7.17. The number of carbonyl (C=O) groups excluding carboxylic acids is 1. The van der Waals surface area contributed by atoms with E-state index in [0.29, 0.717) is 31.9 Å². The number of hydrogen-bond donors (Lipinski definition) is 1. The van der Waals surface area contributed by atoms with Crippen LogP contribution in [0.15, 0.2) is 60.2 Å². The zero-order chi connectivity index (χ0) is 25.2. The van der Waals surface area contributed by atoms with E-state index in [-0.39, 0.29) is 5.91 Å². The molecule has 5 aromatic rings. The van der Waals surface area contributed by atoms with Crippen molar-refractivity contribution in [3.8, 4) is 17.1 Å². The number of nitrogens with zero attached hydrogens (tertiary/aromatic N) is 5. The second-order valence-corrected chi connectivity index (χ2v) is 10.1. The van der Waals surface area contributed by atoms with Crippen LogP contribution in [0.3, 0.4) is 0 Å². The Hall–Kier alpha value is -3.98. The number of rotatable bonds is 9. The van der Waals surface area contributed by atoms with Crippen molar-refractivity contribution in [2.75, 3.05) is 32.1 Å². The maximum Gasteiger partial charge on any atom is 0.222 e. The van der Waals surface area contributed by atoms with Gasteiger partial charge in [0.1, 0.15) is 11.3 Å². The van der Waals surface area contributed by atoms with Gasteiger partial charge in [-0.3, -0.25) is 4.79 Å². The van der Waals surface area contributed by atoms with Crippen LogP contribution in [0.1, 0.15) is 18.4 Å². The van der Waals surface area contributed by atoms with Gasteiger partial charge in [-0.1, -0.05) is 30.3 Å². The molecule has 9 heteroatoms. The first kappa shape index (κ1) is 23.4. The van der Waals surface area contributed by atoms with E-state index in [1.807, 2.05) is 40.1 Å². The third-order valence-corrected chi connectivity index (χ3v) is 7.80. The molecule has 1 saturated heterocycles. The normalized spacial score (nSPS) is 13.6. The first-order valence-corrected chi connectivity index (χ1v) is 13.4. The highest BCUT2D eigenvalue weighted by Gasteiger charge is 2.21. The molecule has 1 aliphatic heterocycles. The number of hydrogen-bond acceptors (Lipinski definition) is 7. The summed E-state index contributed by atoms with van der Waals surface area (Å²) in [5.41, 5.74) is 3.75. The van der Waals surface area contributed by atoms with Gasteiger partial charge in [0, 0.05) is 53.6 Å². The fraction of sp³-hybridized carbons (Fsp3) is 0.286. The minimum atomic E-state index is 0.227. The summed E-state index contributed by atoms with van der Waals surface area (Å²) < 4.78 is 8.51. The summed E-state index contributed by atoms with van der Waals surface area (Å²) in [6.45, 7) is 2.84. The predicted molar refractivity (Wildman–Crippen MR) is 147 cm³/mol. The van der Waals surface area contributed by atoms with Crippen LogP contribution in [-0.2, 0) is 17.8 Å². The van der Waals surface area contributed by atoms with Gasteiger partial charge < -0.3 is 19.5 Å². The summed E-state index contributed by atoms with van der Waals surface area (Å²) in [5.74, 6) is 2.48. The van der Waals surface area contributed by atoms with E-state index in [1.165, 1.54) is 10.3 Å². The molecule has 0 radical (unpaired) electrons. The fourth-order valence-corrected chi connectivity index (χ4v) is 5.73. The summed E-state index contributed by atoms with van der Waals surface area (Å²) in [5, 5.41) is 6.78. The van der Waals surface area contributed by atoms with Crippen LogP contribution < -0.4 is 10.1 Å². The van der Waals surface area contributed by atoms with Crippen molar-refractivity contribution in [2.24, 2.45) is 0 Å². The Balaban J connectivity index is 1.32. The Kier molecular flexibility index (Phi) is 6.44. The molecule has 1 N–H and O–H groups in total. The van der Waals surface area contributed by atoms with Crippen molar-refractivity contribution < 1.29 is 9.53 Å². The topological polar surface area (TPSA) is 85.2 Å². The molecule has 0 aliphatic carbocycles. The van der Waals surface area contributed by atoms with Gasteiger partial charge in [0.2, 0.25) is 5.91 Å². The lowest BCUT2D eigenvalue weighted by molar-refractivity contribution is -0.127. The highest BCUT2D eigenvalue weighted by Crippen LogP contribution is 2.34. The molecule has 6 rings (SSSR count). The summed E-state index contributed by atoms with van der Waals surface area (Å²) >= 11 is 1.69. The number of fused-ring (bicyclic) bond motifs is 2. The van der Waals surface area contributed by atoms with Crippen LogP contribution in [0.5, 0.6) is 5.75 Å². The fourth-order valence-electron chi connectivity index (χ4n) is 4.79. The Labute approximate surface area is 218 Å². The number of likely N-dealkylation sites (tertiary alicyclic amines) is 1. The zero-order valence-corrected chi connectivity index (χ0v) is 21.5. The number of nitrogens with one attached hydrogen (secondary N) is 1. The second kappa shape index (κ2) is 10.2. The van der Waals surface area contributed by atoms with Gasteiger partial charge in [-0.2, -0.15) is 0 Å². The summed E-state index contributed by atoms with van der Waals surface area (Å²) in [6.07, 6.45) is 4.22. The zero-order valence-electron chi connectivity index (χ0n) is 20.7. The largest absolute Gasteiger partial charge is 0.497 e. The molecule has 1 fully saturated rings. The number of amides is 1. The van der Waals surface area contributed by atoms with Crippen LogP contribution in [0.2, 0.25) is 0 Å². The highest BCUT2D eigenvalue weighted by atomic mass is 32.1. The number of anilines is 1. The Morgan fingerprint density at radius 3 is 2.76 bits per heavy atom. The predicted octanol–water partition coefficient (Wildman–Crippen LogP) is 4.99. The molecular weight excluding hydrogens is 484 g/mol. The average Bonchev–Trinajstić information content (AvgIpc) is 3.66. The minimum Gasteiger partial charge on any atom is -0.497 e. The molecule has 8 nitrogen and oxygen atoms in total. The van der Waals surface area contributed by atoms with E-state index in [4.69, 9.17) is 14.7 Å². The van der Waals surface area contributed by atoms with Crippen LogP contribution in [-0.4, -0.2) is 57.1 Å². The number of methoxy groups -OCH3 is 1. The molecule has 2 aromatic carbocycles. The lowest BCUT2D eigenvalue weighted by atomic mass is 10.1. The molecule has 0 bridgehead atoms. The van der Waals surface area contributed by atoms with E-state index >= 15 is 0 Å². The molecule has 37 heavy (non-hydrogen) atoms. The van der Waals surface area contributed by atoms with E-state index in [9.17, 15) is 4.79 Å². The number of benzene rings is 2. The van der Waals surface area contributed by atoms with Crippen molar-refractivity contribution in [3.05, 3.63) is 65.8 Å². The third-order valence-electron chi connectivity index (χ3n) is 6.83. The number of ether oxygens (including phenoxy) is 1. The first-order chi connectivity index (χ1) is 18.2. The van der Waals surface area contributed by atoms with E-state index in [1.54, 1.807) is 18.4 Å². The molecule has 0 unspecified atom stereocenters. The third kappa shape index (κ3) is 4.74. The minimum absolute atomic E-state index is 0.227. The Bertz CT molecular complexity index is 1560. The van der Waals surface area contributed by atoms with Gasteiger partial charge >= 0.3 is 0 Å². The van der Waals surface area contributed by atoms with Gasteiger partial charge in [0.05, 0.1) is 13.4 Å². The monoisotopic (exact) mass is 512 g/mol. The number of thiophene rings is 1. The SMILES string of the molecule is COc1ccc(CCNc2nc(-c3csc4ccccc34)nc3c2ncn3CCN2CCCC2=O)cc1. The lowest BCUT2D eigenvalue weighted by Gasteiger charge is -2.16.